The van der Waals surface area contributed by atoms with Crippen molar-refractivity contribution in [1.82, 2.24) is 0 Å². The largest absolute Gasteiger partial charge is 0.508 e. The van der Waals surface area contributed by atoms with Crippen molar-refractivity contribution in [1.29, 1.82) is 0 Å². The van der Waals surface area contributed by atoms with Crippen LogP contribution in [0.5, 0.6) is 11.5 Å². The first-order valence-electron chi connectivity index (χ1n) is 7.43. The number of aromatic hydroxyl groups is 2. The van der Waals surface area contributed by atoms with E-state index in [0.717, 1.165) is 0 Å². The van der Waals surface area contributed by atoms with Crippen LogP contribution in [0.3, 0.4) is 0 Å². The summed E-state index contributed by atoms with van der Waals surface area (Å²) in [6.07, 6.45) is 0. The van der Waals surface area contributed by atoms with Crippen molar-refractivity contribution in [2.45, 2.75) is 5.41 Å². The molecule has 120 valence electrons. The molecule has 0 aromatic heterocycles. The lowest BCUT2D eigenvalue weighted by molar-refractivity contribution is -0.140. The number of carboxylic acid groups (broad SMARTS) is 1. The third-order valence-electron chi connectivity index (χ3n) is 4.13. The maximum Gasteiger partial charge on any atom is 0.323 e. The fourth-order valence-electron chi connectivity index (χ4n) is 2.98. The van der Waals surface area contributed by atoms with E-state index in [9.17, 15) is 20.1 Å². The summed E-state index contributed by atoms with van der Waals surface area (Å²) in [7, 11) is 0. The zero-order chi connectivity index (χ0) is 17.2. The Balaban J connectivity index is 2.35. The van der Waals surface area contributed by atoms with E-state index in [4.69, 9.17) is 0 Å². The molecular weight excluding hydrogens is 304 g/mol. The van der Waals surface area contributed by atoms with Crippen LogP contribution in [0.2, 0.25) is 0 Å². The lowest BCUT2D eigenvalue weighted by Crippen LogP contribution is -2.38. The smallest absolute Gasteiger partial charge is 0.323 e. The van der Waals surface area contributed by atoms with E-state index in [2.05, 4.69) is 0 Å². The summed E-state index contributed by atoms with van der Waals surface area (Å²) in [6, 6.07) is 21.2. The number of benzene rings is 3. The van der Waals surface area contributed by atoms with Gasteiger partial charge < -0.3 is 15.3 Å². The van der Waals surface area contributed by atoms with Gasteiger partial charge in [0.15, 0.2) is 0 Å². The normalized spacial score (nSPS) is 11.2. The highest BCUT2D eigenvalue weighted by molar-refractivity contribution is 5.91. The van der Waals surface area contributed by atoms with E-state index < -0.39 is 11.4 Å². The molecule has 0 fully saturated rings. The minimum Gasteiger partial charge on any atom is -0.508 e. The van der Waals surface area contributed by atoms with Crippen LogP contribution < -0.4 is 0 Å². The Hall–Kier alpha value is -3.27. The van der Waals surface area contributed by atoms with Gasteiger partial charge in [-0.1, -0.05) is 54.6 Å². The van der Waals surface area contributed by atoms with Gasteiger partial charge >= 0.3 is 5.97 Å². The minimum atomic E-state index is -1.44. The Morgan fingerprint density at radius 3 is 1.38 bits per heavy atom. The van der Waals surface area contributed by atoms with Crippen LogP contribution in [0.1, 0.15) is 16.7 Å². The third-order valence-corrected chi connectivity index (χ3v) is 4.13. The van der Waals surface area contributed by atoms with Gasteiger partial charge in [-0.05, 0) is 41.0 Å². The summed E-state index contributed by atoms with van der Waals surface area (Å²) in [5.74, 6) is -0.904. The molecule has 0 unspecified atom stereocenters. The van der Waals surface area contributed by atoms with E-state index >= 15 is 0 Å². The fourth-order valence-corrected chi connectivity index (χ4v) is 2.98. The summed E-state index contributed by atoms with van der Waals surface area (Å²) in [6.45, 7) is 0. The number of aliphatic carboxylic acids is 1. The zero-order valence-electron chi connectivity index (χ0n) is 12.8. The fraction of sp³-hybridized carbons (Fsp3) is 0.0500. The van der Waals surface area contributed by atoms with Crippen LogP contribution in [-0.4, -0.2) is 21.3 Å². The van der Waals surface area contributed by atoms with Gasteiger partial charge in [-0.3, -0.25) is 4.79 Å². The predicted molar refractivity (Wildman–Crippen MR) is 90.2 cm³/mol. The number of phenolic OH excluding ortho intramolecular Hbond substituents is 2. The van der Waals surface area contributed by atoms with E-state index in [1.165, 1.54) is 24.3 Å². The molecule has 0 atom stereocenters. The second-order valence-electron chi connectivity index (χ2n) is 5.51. The average molecular weight is 320 g/mol. The highest BCUT2D eigenvalue weighted by atomic mass is 16.4. The summed E-state index contributed by atoms with van der Waals surface area (Å²) in [5, 5.41) is 29.3. The maximum absolute atomic E-state index is 12.5. The third kappa shape index (κ3) is 2.48. The first-order valence-corrected chi connectivity index (χ1v) is 7.43. The number of hydrogen-bond acceptors (Lipinski definition) is 3. The van der Waals surface area contributed by atoms with Gasteiger partial charge in [0.2, 0.25) is 0 Å². The van der Waals surface area contributed by atoms with Gasteiger partial charge in [-0.25, -0.2) is 0 Å². The van der Waals surface area contributed by atoms with E-state index in [-0.39, 0.29) is 11.5 Å². The number of hydrogen-bond donors (Lipinski definition) is 3. The molecule has 3 aromatic rings. The molecule has 0 aliphatic rings. The Bertz CT molecular complexity index is 792. The van der Waals surface area contributed by atoms with Crippen LogP contribution in [0.25, 0.3) is 0 Å². The number of carboxylic acids is 1. The van der Waals surface area contributed by atoms with Crippen LogP contribution in [-0.2, 0) is 10.2 Å². The summed E-state index contributed by atoms with van der Waals surface area (Å²) in [5.41, 5.74) is 0.186. The highest BCUT2D eigenvalue weighted by Crippen LogP contribution is 2.40. The standard InChI is InChI=1S/C20H16O4/c21-17-10-6-15(7-11-17)20(19(23)24,14-4-2-1-3-5-14)16-8-12-18(22)13-9-16/h1-13,21-22H,(H,23,24). The molecule has 4 nitrogen and oxygen atoms in total. The van der Waals surface area contributed by atoms with Crippen molar-refractivity contribution in [3.63, 3.8) is 0 Å². The van der Waals surface area contributed by atoms with Gasteiger partial charge in [-0.15, -0.1) is 0 Å². The van der Waals surface area contributed by atoms with Gasteiger partial charge in [0.25, 0.3) is 0 Å². The van der Waals surface area contributed by atoms with E-state index in [1.807, 2.05) is 6.07 Å². The lowest BCUT2D eigenvalue weighted by atomic mass is 9.69. The van der Waals surface area contributed by atoms with Gasteiger partial charge in [0.1, 0.15) is 16.9 Å². The van der Waals surface area contributed by atoms with E-state index in [0.29, 0.717) is 16.7 Å². The van der Waals surface area contributed by atoms with Crippen molar-refractivity contribution in [2.75, 3.05) is 0 Å². The predicted octanol–water partition coefficient (Wildman–Crippen LogP) is 3.52. The topological polar surface area (TPSA) is 77.8 Å². The number of phenols is 2. The zero-order valence-corrected chi connectivity index (χ0v) is 12.8. The summed E-state index contributed by atoms with van der Waals surface area (Å²) < 4.78 is 0. The molecule has 0 radical (unpaired) electrons. The van der Waals surface area contributed by atoms with Gasteiger partial charge in [-0.2, -0.15) is 0 Å². The Morgan fingerprint density at radius 1 is 0.625 bits per heavy atom. The SMILES string of the molecule is O=C(O)C(c1ccccc1)(c1ccc(O)cc1)c1ccc(O)cc1. The van der Waals surface area contributed by atoms with Crippen LogP contribution in [0, 0.1) is 0 Å². The average Bonchev–Trinajstić information content (AvgIpc) is 2.59. The second kappa shape index (κ2) is 6.08. The highest BCUT2D eigenvalue weighted by Gasteiger charge is 2.44. The molecule has 0 saturated heterocycles. The molecule has 3 N–H and O–H groups in total. The molecule has 0 spiro atoms. The van der Waals surface area contributed by atoms with Gasteiger partial charge in [0, 0.05) is 0 Å². The molecule has 0 bridgehead atoms. The van der Waals surface area contributed by atoms with Crippen molar-refractivity contribution < 1.29 is 20.1 Å². The summed E-state index contributed by atoms with van der Waals surface area (Å²) in [4.78, 5) is 12.5. The molecule has 0 aliphatic carbocycles. The Morgan fingerprint density at radius 2 is 1.00 bits per heavy atom. The molecule has 0 saturated carbocycles. The van der Waals surface area contributed by atoms with Crippen LogP contribution >= 0.6 is 0 Å². The molecule has 24 heavy (non-hydrogen) atoms. The number of rotatable bonds is 4. The quantitative estimate of drug-likeness (QED) is 0.643. The number of carbonyl (C=O) groups is 1. The van der Waals surface area contributed by atoms with Gasteiger partial charge in [0.05, 0.1) is 0 Å². The molecule has 3 aromatic carbocycles. The van der Waals surface area contributed by atoms with Crippen molar-refractivity contribution in [3.8, 4) is 11.5 Å². The van der Waals surface area contributed by atoms with Crippen molar-refractivity contribution in [3.05, 3.63) is 95.6 Å². The first-order chi connectivity index (χ1) is 11.5. The molecular formula is C20H16O4. The van der Waals surface area contributed by atoms with E-state index in [1.54, 1.807) is 48.5 Å². The monoisotopic (exact) mass is 320 g/mol. The lowest BCUT2D eigenvalue weighted by Gasteiger charge is -2.31. The van der Waals surface area contributed by atoms with Crippen molar-refractivity contribution in [2.24, 2.45) is 0 Å². The Labute approximate surface area is 139 Å². The molecule has 3 rings (SSSR count). The summed E-state index contributed by atoms with van der Waals surface area (Å²) >= 11 is 0. The molecule has 4 heteroatoms. The first kappa shape index (κ1) is 15.6. The Kier molecular flexibility index (Phi) is 3.96. The van der Waals surface area contributed by atoms with Crippen LogP contribution in [0.15, 0.2) is 78.9 Å². The van der Waals surface area contributed by atoms with Crippen LogP contribution in [0.4, 0.5) is 0 Å². The second-order valence-corrected chi connectivity index (χ2v) is 5.51. The van der Waals surface area contributed by atoms with Crippen molar-refractivity contribution >= 4 is 5.97 Å². The molecule has 0 heterocycles. The maximum atomic E-state index is 12.5. The molecule has 0 aliphatic heterocycles. The minimum absolute atomic E-state index is 0.0665. The molecule has 0 amide bonds.